The summed E-state index contributed by atoms with van der Waals surface area (Å²) in [5, 5.41) is 1.33. The van der Waals surface area contributed by atoms with E-state index in [-0.39, 0.29) is 12.1 Å². The van der Waals surface area contributed by atoms with E-state index >= 15 is 0 Å². The summed E-state index contributed by atoms with van der Waals surface area (Å²) >= 11 is 6.04. The van der Waals surface area contributed by atoms with Gasteiger partial charge in [-0.2, -0.15) is 0 Å². The Morgan fingerprint density at radius 1 is 1.13 bits per heavy atom. The lowest BCUT2D eigenvalue weighted by Gasteiger charge is -2.12. The summed E-state index contributed by atoms with van der Waals surface area (Å²) in [6.45, 7) is -0.160. The van der Waals surface area contributed by atoms with Crippen LogP contribution in [0, 0.1) is 0 Å². The normalized spacial score (nSPS) is 10.7. The minimum atomic E-state index is -0.487. The predicted molar refractivity (Wildman–Crippen MR) is 90.7 cm³/mol. The van der Waals surface area contributed by atoms with Gasteiger partial charge in [0.25, 0.3) is 5.56 Å². The van der Waals surface area contributed by atoms with E-state index in [1.54, 1.807) is 12.1 Å². The van der Waals surface area contributed by atoms with Crippen LogP contribution >= 0.6 is 11.6 Å². The molecule has 0 radical (unpaired) electrons. The number of hydrogen-bond donors (Lipinski definition) is 0. The van der Waals surface area contributed by atoms with Crippen molar-refractivity contribution in [2.75, 3.05) is 7.11 Å². The average Bonchev–Trinajstić information content (AvgIpc) is 2.58. The topological polar surface area (TPSA) is 48.3 Å². The highest BCUT2D eigenvalue weighted by molar-refractivity contribution is 6.31. The Labute approximate surface area is 137 Å². The Hall–Kier alpha value is -2.59. The van der Waals surface area contributed by atoms with Crippen LogP contribution in [0.1, 0.15) is 0 Å². The summed E-state index contributed by atoms with van der Waals surface area (Å²) in [5.41, 5.74) is 1.68. The Morgan fingerprint density at radius 3 is 2.57 bits per heavy atom. The first-order valence-electron chi connectivity index (χ1n) is 7.05. The molecule has 23 heavy (non-hydrogen) atoms. The van der Waals surface area contributed by atoms with Crippen LogP contribution in [0.4, 0.5) is 0 Å². The van der Waals surface area contributed by atoms with Crippen LogP contribution in [0.5, 0.6) is 0 Å². The van der Waals surface area contributed by atoms with E-state index in [0.717, 1.165) is 10.9 Å². The molecule has 5 heteroatoms. The zero-order chi connectivity index (χ0) is 16.4. The van der Waals surface area contributed by atoms with Gasteiger partial charge in [0.1, 0.15) is 6.54 Å². The van der Waals surface area contributed by atoms with Crippen LogP contribution in [-0.4, -0.2) is 17.6 Å². The number of benzene rings is 2. The standard InChI is InChI=1S/C18H14ClNO3/c1-23-17(21)11-20-16-10-14(19)8-7-13(16)9-15(18(20)22)12-5-3-2-4-6-12/h2-10H,11H2,1H3. The van der Waals surface area contributed by atoms with Gasteiger partial charge in [0.05, 0.1) is 12.6 Å². The van der Waals surface area contributed by atoms with Gasteiger partial charge in [-0.05, 0) is 29.1 Å². The van der Waals surface area contributed by atoms with E-state index in [9.17, 15) is 9.59 Å². The third-order valence-electron chi connectivity index (χ3n) is 3.66. The fourth-order valence-electron chi connectivity index (χ4n) is 2.52. The molecule has 0 aliphatic heterocycles. The van der Waals surface area contributed by atoms with E-state index in [4.69, 9.17) is 16.3 Å². The first-order valence-corrected chi connectivity index (χ1v) is 7.43. The van der Waals surface area contributed by atoms with Crippen molar-refractivity contribution >= 4 is 28.5 Å². The monoisotopic (exact) mass is 327 g/mol. The molecular weight excluding hydrogens is 314 g/mol. The average molecular weight is 328 g/mol. The fraction of sp³-hybridized carbons (Fsp3) is 0.111. The van der Waals surface area contributed by atoms with Crippen molar-refractivity contribution < 1.29 is 9.53 Å². The Bertz CT molecular complexity index is 932. The molecule has 1 heterocycles. The molecule has 4 nitrogen and oxygen atoms in total. The summed E-state index contributed by atoms with van der Waals surface area (Å²) in [4.78, 5) is 24.6. The first kappa shape index (κ1) is 15.3. The summed E-state index contributed by atoms with van der Waals surface area (Å²) in [7, 11) is 1.30. The van der Waals surface area contributed by atoms with E-state index < -0.39 is 5.97 Å². The quantitative estimate of drug-likeness (QED) is 0.692. The van der Waals surface area contributed by atoms with Crippen LogP contribution in [0.2, 0.25) is 5.02 Å². The Balaban J connectivity index is 2.32. The molecule has 1 aromatic heterocycles. The van der Waals surface area contributed by atoms with Crippen LogP contribution in [0.15, 0.2) is 59.4 Å². The molecule has 0 saturated heterocycles. The van der Waals surface area contributed by atoms with Crippen LogP contribution in [-0.2, 0) is 16.1 Å². The molecule has 0 amide bonds. The van der Waals surface area contributed by atoms with Crippen LogP contribution < -0.4 is 5.56 Å². The van der Waals surface area contributed by atoms with Gasteiger partial charge >= 0.3 is 5.97 Å². The number of nitrogens with zero attached hydrogens (tertiary/aromatic N) is 1. The highest BCUT2D eigenvalue weighted by Crippen LogP contribution is 2.23. The van der Waals surface area contributed by atoms with E-state index in [2.05, 4.69) is 0 Å². The van der Waals surface area contributed by atoms with Gasteiger partial charge in [0, 0.05) is 10.6 Å². The molecule has 0 bridgehead atoms. The van der Waals surface area contributed by atoms with Crippen molar-refractivity contribution in [2.24, 2.45) is 0 Å². The molecule has 0 fully saturated rings. The number of hydrogen-bond acceptors (Lipinski definition) is 3. The molecule has 116 valence electrons. The van der Waals surface area contributed by atoms with Crippen molar-refractivity contribution in [3.05, 3.63) is 70.0 Å². The molecule has 2 aromatic carbocycles. The summed E-state index contributed by atoms with van der Waals surface area (Å²) < 4.78 is 6.10. The molecule has 3 aromatic rings. The minimum Gasteiger partial charge on any atom is -0.468 e. The maximum Gasteiger partial charge on any atom is 0.325 e. The van der Waals surface area contributed by atoms with E-state index in [1.165, 1.54) is 11.7 Å². The zero-order valence-corrected chi connectivity index (χ0v) is 13.2. The number of pyridine rings is 1. The molecule has 0 atom stereocenters. The van der Waals surface area contributed by atoms with Gasteiger partial charge in [0.2, 0.25) is 0 Å². The van der Waals surface area contributed by atoms with Crippen molar-refractivity contribution in [3.8, 4) is 11.1 Å². The summed E-state index contributed by atoms with van der Waals surface area (Å²) in [5.74, 6) is -0.487. The summed E-state index contributed by atoms with van der Waals surface area (Å²) in [6.07, 6.45) is 0. The fourth-order valence-corrected chi connectivity index (χ4v) is 2.69. The van der Waals surface area contributed by atoms with Gasteiger partial charge in [-0.1, -0.05) is 48.0 Å². The number of rotatable bonds is 3. The number of ether oxygens (including phenoxy) is 1. The predicted octanol–water partition coefficient (Wildman–Crippen LogP) is 3.49. The molecule has 0 aliphatic carbocycles. The first-order chi connectivity index (χ1) is 11.1. The molecular formula is C18H14ClNO3. The highest BCUT2D eigenvalue weighted by atomic mass is 35.5. The number of halogens is 1. The maximum atomic E-state index is 12.9. The number of aromatic nitrogens is 1. The number of carbonyl (C=O) groups is 1. The number of methoxy groups -OCH3 is 1. The second-order valence-corrected chi connectivity index (χ2v) is 5.53. The SMILES string of the molecule is COC(=O)Cn1c(=O)c(-c2ccccc2)cc2ccc(Cl)cc21. The lowest BCUT2D eigenvalue weighted by molar-refractivity contribution is -0.141. The lowest BCUT2D eigenvalue weighted by Crippen LogP contribution is -2.26. The van der Waals surface area contributed by atoms with Crippen LogP contribution in [0.25, 0.3) is 22.0 Å². The van der Waals surface area contributed by atoms with Gasteiger partial charge in [0.15, 0.2) is 0 Å². The molecule has 0 aliphatic rings. The Kier molecular flexibility index (Phi) is 4.17. The highest BCUT2D eigenvalue weighted by Gasteiger charge is 2.14. The van der Waals surface area contributed by atoms with Crippen molar-refractivity contribution in [2.45, 2.75) is 6.54 Å². The molecule has 0 N–H and O–H groups in total. The summed E-state index contributed by atoms with van der Waals surface area (Å²) in [6, 6.07) is 16.4. The van der Waals surface area contributed by atoms with E-state index in [0.29, 0.717) is 16.1 Å². The van der Waals surface area contributed by atoms with Crippen molar-refractivity contribution in [3.63, 3.8) is 0 Å². The van der Waals surface area contributed by atoms with Gasteiger partial charge in [-0.15, -0.1) is 0 Å². The van der Waals surface area contributed by atoms with Crippen LogP contribution in [0.3, 0.4) is 0 Å². The smallest absolute Gasteiger partial charge is 0.325 e. The molecule has 0 spiro atoms. The largest absolute Gasteiger partial charge is 0.468 e. The minimum absolute atomic E-state index is 0.160. The van der Waals surface area contributed by atoms with Gasteiger partial charge < -0.3 is 4.74 Å². The third kappa shape index (κ3) is 2.98. The Morgan fingerprint density at radius 2 is 1.87 bits per heavy atom. The number of carbonyl (C=O) groups excluding carboxylic acids is 1. The lowest BCUT2D eigenvalue weighted by atomic mass is 10.0. The number of esters is 1. The molecule has 0 unspecified atom stereocenters. The number of fused-ring (bicyclic) bond motifs is 1. The zero-order valence-electron chi connectivity index (χ0n) is 12.5. The van der Waals surface area contributed by atoms with E-state index in [1.807, 2.05) is 42.5 Å². The van der Waals surface area contributed by atoms with Gasteiger partial charge in [-0.25, -0.2) is 0 Å². The third-order valence-corrected chi connectivity index (χ3v) is 3.89. The second kappa shape index (κ2) is 6.26. The van der Waals surface area contributed by atoms with Crippen molar-refractivity contribution in [1.29, 1.82) is 0 Å². The maximum absolute atomic E-state index is 12.9. The van der Waals surface area contributed by atoms with Crippen molar-refractivity contribution in [1.82, 2.24) is 4.57 Å². The second-order valence-electron chi connectivity index (χ2n) is 5.09. The molecule has 3 rings (SSSR count). The molecule has 0 saturated carbocycles. The van der Waals surface area contributed by atoms with Gasteiger partial charge in [-0.3, -0.25) is 14.2 Å².